The molecule has 1 N–H and O–H groups in total. The standard InChI is InChI=1S/C20H39N5O6S/c1-19(2)21-3-7-28-9-11-30-13-14-31-12-10-29-8-4-25-18-20(22-23-25)17-24-5-15-32(26,27)16-6-24/h18-19,21H,3-17H2,1-2H3. The Morgan fingerprint density at radius 1 is 0.938 bits per heavy atom. The van der Waals surface area contributed by atoms with Crippen LogP contribution < -0.4 is 5.32 Å². The number of nitrogens with zero attached hydrogens (tertiary/aromatic N) is 4. The first-order valence-electron chi connectivity index (χ1n) is 11.3. The smallest absolute Gasteiger partial charge is 0.152 e. The molecule has 1 aromatic rings. The van der Waals surface area contributed by atoms with Crippen molar-refractivity contribution in [3.05, 3.63) is 11.9 Å². The van der Waals surface area contributed by atoms with Gasteiger partial charge in [-0.15, -0.1) is 5.10 Å². The minimum absolute atomic E-state index is 0.216. The first kappa shape index (κ1) is 27.1. The molecule has 2 rings (SSSR count). The third-order valence-corrected chi connectivity index (χ3v) is 6.40. The van der Waals surface area contributed by atoms with Crippen LogP contribution in [-0.4, -0.2) is 118 Å². The van der Waals surface area contributed by atoms with Crippen LogP contribution in [0.5, 0.6) is 0 Å². The molecule has 1 aliphatic heterocycles. The predicted molar refractivity (Wildman–Crippen MR) is 120 cm³/mol. The monoisotopic (exact) mass is 477 g/mol. The Morgan fingerprint density at radius 3 is 2.09 bits per heavy atom. The van der Waals surface area contributed by atoms with Crippen molar-refractivity contribution < 1.29 is 27.4 Å². The maximum absolute atomic E-state index is 11.5. The second-order valence-corrected chi connectivity index (χ2v) is 10.3. The molecule has 0 unspecified atom stereocenters. The molecule has 32 heavy (non-hydrogen) atoms. The zero-order valence-corrected chi connectivity index (χ0v) is 20.2. The van der Waals surface area contributed by atoms with E-state index < -0.39 is 9.84 Å². The van der Waals surface area contributed by atoms with E-state index >= 15 is 0 Å². The summed E-state index contributed by atoms with van der Waals surface area (Å²) in [5.41, 5.74) is 0.838. The summed E-state index contributed by atoms with van der Waals surface area (Å²) in [7, 11) is -2.86. The van der Waals surface area contributed by atoms with Crippen molar-refractivity contribution in [1.29, 1.82) is 0 Å². The Balaban J connectivity index is 1.37. The number of rotatable bonds is 18. The van der Waals surface area contributed by atoms with Crippen LogP contribution in [0.4, 0.5) is 0 Å². The third-order valence-electron chi connectivity index (χ3n) is 4.79. The highest BCUT2D eigenvalue weighted by Gasteiger charge is 2.22. The highest BCUT2D eigenvalue weighted by Crippen LogP contribution is 2.07. The molecule has 1 fully saturated rings. The van der Waals surface area contributed by atoms with Crippen molar-refractivity contribution in [3.8, 4) is 0 Å². The number of aromatic nitrogens is 3. The molecule has 1 saturated heterocycles. The number of ether oxygens (including phenoxy) is 4. The molecule has 0 atom stereocenters. The van der Waals surface area contributed by atoms with E-state index in [0.717, 1.165) is 12.2 Å². The first-order valence-corrected chi connectivity index (χ1v) is 13.1. The molecule has 0 aliphatic carbocycles. The average molecular weight is 478 g/mol. The van der Waals surface area contributed by atoms with Crippen LogP contribution in [0.2, 0.25) is 0 Å². The van der Waals surface area contributed by atoms with Gasteiger partial charge in [-0.2, -0.15) is 0 Å². The van der Waals surface area contributed by atoms with E-state index in [-0.39, 0.29) is 11.5 Å². The minimum Gasteiger partial charge on any atom is -0.378 e. The molecule has 12 heteroatoms. The van der Waals surface area contributed by atoms with E-state index in [1.807, 2.05) is 6.20 Å². The van der Waals surface area contributed by atoms with Crippen molar-refractivity contribution in [1.82, 2.24) is 25.2 Å². The van der Waals surface area contributed by atoms with E-state index in [9.17, 15) is 8.42 Å². The van der Waals surface area contributed by atoms with E-state index in [2.05, 4.69) is 34.4 Å². The molecule has 0 saturated carbocycles. The lowest BCUT2D eigenvalue weighted by atomic mass is 10.4. The fourth-order valence-corrected chi connectivity index (χ4v) is 4.27. The zero-order valence-electron chi connectivity index (χ0n) is 19.4. The van der Waals surface area contributed by atoms with Crippen molar-refractivity contribution in [2.24, 2.45) is 0 Å². The first-order chi connectivity index (χ1) is 15.4. The van der Waals surface area contributed by atoms with Gasteiger partial charge in [-0.05, 0) is 0 Å². The fraction of sp³-hybridized carbons (Fsp3) is 0.900. The lowest BCUT2D eigenvalue weighted by Gasteiger charge is -2.25. The zero-order chi connectivity index (χ0) is 23.1. The highest BCUT2D eigenvalue weighted by molar-refractivity contribution is 7.91. The van der Waals surface area contributed by atoms with Crippen LogP contribution in [0.15, 0.2) is 6.20 Å². The van der Waals surface area contributed by atoms with Crippen LogP contribution in [0, 0.1) is 0 Å². The van der Waals surface area contributed by atoms with E-state index in [4.69, 9.17) is 18.9 Å². The summed E-state index contributed by atoms with van der Waals surface area (Å²) < 4.78 is 46.7. The maximum Gasteiger partial charge on any atom is 0.152 e. The number of sulfone groups is 1. The summed E-state index contributed by atoms with van der Waals surface area (Å²) in [5, 5.41) is 11.5. The van der Waals surface area contributed by atoms with Gasteiger partial charge >= 0.3 is 0 Å². The minimum atomic E-state index is -2.86. The molecule has 0 amide bonds. The molecule has 1 aliphatic rings. The van der Waals surface area contributed by atoms with Gasteiger partial charge in [0.05, 0.1) is 76.6 Å². The molecule has 0 spiro atoms. The molecule has 0 bridgehead atoms. The SMILES string of the molecule is CC(C)NCCOCCOCCOCCOCCn1cc(CN2CCS(=O)(=O)CC2)nn1. The lowest BCUT2D eigenvalue weighted by molar-refractivity contribution is -0.00252. The third kappa shape index (κ3) is 12.8. The van der Waals surface area contributed by atoms with Gasteiger partial charge in [0.25, 0.3) is 0 Å². The van der Waals surface area contributed by atoms with Crippen molar-refractivity contribution >= 4 is 9.84 Å². The van der Waals surface area contributed by atoms with Crippen LogP contribution in [0.25, 0.3) is 0 Å². The van der Waals surface area contributed by atoms with Gasteiger partial charge in [0.15, 0.2) is 9.84 Å². The summed E-state index contributed by atoms with van der Waals surface area (Å²) in [6, 6.07) is 0.479. The fourth-order valence-electron chi connectivity index (χ4n) is 3.00. The summed E-state index contributed by atoms with van der Waals surface area (Å²) in [6.45, 7) is 11.9. The van der Waals surface area contributed by atoms with Gasteiger partial charge in [-0.3, -0.25) is 4.90 Å². The van der Waals surface area contributed by atoms with Crippen molar-refractivity contribution in [3.63, 3.8) is 0 Å². The Kier molecular flexibility index (Phi) is 13.2. The average Bonchev–Trinajstić information content (AvgIpc) is 3.19. The molecule has 0 radical (unpaired) electrons. The van der Waals surface area contributed by atoms with Gasteiger partial charge in [-0.25, -0.2) is 13.1 Å². The lowest BCUT2D eigenvalue weighted by Crippen LogP contribution is -2.39. The second-order valence-electron chi connectivity index (χ2n) is 7.96. The quantitative estimate of drug-likeness (QED) is 0.279. The second kappa shape index (κ2) is 15.6. The Hall–Kier alpha value is -1.15. The van der Waals surface area contributed by atoms with Crippen molar-refractivity contribution in [2.45, 2.75) is 33.0 Å². The van der Waals surface area contributed by atoms with Crippen LogP contribution in [0.3, 0.4) is 0 Å². The molecular formula is C20H39N5O6S. The number of nitrogens with one attached hydrogen (secondary N) is 1. The number of hydrogen-bond donors (Lipinski definition) is 1. The summed E-state index contributed by atoms with van der Waals surface area (Å²) in [6.07, 6.45) is 1.88. The molecule has 0 aromatic carbocycles. The van der Waals surface area contributed by atoms with Gasteiger partial charge in [-0.1, -0.05) is 19.1 Å². The molecular weight excluding hydrogens is 438 g/mol. The molecule has 2 heterocycles. The number of hydrogen-bond acceptors (Lipinski definition) is 10. The maximum atomic E-state index is 11.5. The van der Waals surface area contributed by atoms with Crippen LogP contribution in [0.1, 0.15) is 19.5 Å². The van der Waals surface area contributed by atoms with Gasteiger partial charge in [0.2, 0.25) is 0 Å². The largest absolute Gasteiger partial charge is 0.378 e. The van der Waals surface area contributed by atoms with Crippen molar-refractivity contribution in [2.75, 3.05) is 84.0 Å². The topological polar surface area (TPSA) is 117 Å². The summed E-state index contributed by atoms with van der Waals surface area (Å²) in [5.74, 6) is 0.433. The van der Waals surface area contributed by atoms with Gasteiger partial charge in [0.1, 0.15) is 0 Å². The highest BCUT2D eigenvalue weighted by atomic mass is 32.2. The summed E-state index contributed by atoms with van der Waals surface area (Å²) in [4.78, 5) is 2.09. The van der Waals surface area contributed by atoms with Crippen LogP contribution >= 0.6 is 0 Å². The molecule has 1 aromatic heterocycles. The van der Waals surface area contributed by atoms with E-state index in [0.29, 0.717) is 85.1 Å². The normalized spacial score (nSPS) is 16.7. The van der Waals surface area contributed by atoms with Gasteiger partial charge in [0, 0.05) is 38.4 Å². The molecule has 11 nitrogen and oxygen atoms in total. The van der Waals surface area contributed by atoms with E-state index in [1.165, 1.54) is 0 Å². The van der Waals surface area contributed by atoms with E-state index in [1.54, 1.807) is 4.68 Å². The Morgan fingerprint density at radius 2 is 1.50 bits per heavy atom. The van der Waals surface area contributed by atoms with Gasteiger partial charge < -0.3 is 24.3 Å². The Labute approximate surface area is 191 Å². The summed E-state index contributed by atoms with van der Waals surface area (Å²) >= 11 is 0. The predicted octanol–water partition coefficient (Wildman–Crippen LogP) is -0.427. The Bertz CT molecular complexity index is 701. The molecule has 186 valence electrons. The van der Waals surface area contributed by atoms with Crippen LogP contribution in [-0.2, 0) is 41.9 Å².